The fourth-order valence-electron chi connectivity index (χ4n) is 2.97. The average Bonchev–Trinajstić information content (AvgIpc) is 2.54. The zero-order valence-electron chi connectivity index (χ0n) is 13.3. The second-order valence-corrected chi connectivity index (χ2v) is 5.63. The highest BCUT2D eigenvalue weighted by Crippen LogP contribution is 2.28. The number of primary amides is 1. The summed E-state index contributed by atoms with van der Waals surface area (Å²) in [6.07, 6.45) is 2.22. The van der Waals surface area contributed by atoms with E-state index in [-0.39, 0.29) is 11.5 Å². The van der Waals surface area contributed by atoms with Crippen molar-refractivity contribution in [1.29, 1.82) is 0 Å². The maximum Gasteiger partial charge on any atom is 0.315 e. The number of methoxy groups -OCH3 is 1. The van der Waals surface area contributed by atoms with Gasteiger partial charge in [0.2, 0.25) is 5.91 Å². The highest BCUT2D eigenvalue weighted by molar-refractivity contribution is 5.87. The number of nitrogens with zero attached hydrogens (tertiary/aromatic N) is 1. The van der Waals surface area contributed by atoms with Crippen molar-refractivity contribution in [2.75, 3.05) is 13.7 Å². The minimum Gasteiger partial charge on any atom is -0.496 e. The summed E-state index contributed by atoms with van der Waals surface area (Å²) < 4.78 is 19.2. The van der Waals surface area contributed by atoms with Gasteiger partial charge < -0.3 is 20.7 Å². The molecule has 2 rings (SSSR count). The first-order valence-electron chi connectivity index (χ1n) is 7.64. The average molecular weight is 323 g/mol. The Kier molecular flexibility index (Phi) is 5.41. The fourth-order valence-corrected chi connectivity index (χ4v) is 2.97. The Morgan fingerprint density at radius 2 is 2.17 bits per heavy atom. The molecule has 1 aliphatic heterocycles. The van der Waals surface area contributed by atoms with Crippen molar-refractivity contribution < 1.29 is 18.7 Å². The third kappa shape index (κ3) is 3.72. The molecule has 0 bridgehead atoms. The van der Waals surface area contributed by atoms with E-state index in [4.69, 9.17) is 10.5 Å². The standard InChI is InChI=1S/C16H22FN3O3/c1-10(14-11(17)6-5-8-13(14)23-2)19-15(21)12-7-3-4-9-20(12)16(18)22/h5-6,8,10,12H,3-4,7,9H2,1-2H3,(H2,18,22)(H,19,21)/t10-,12-/m0/s1. The number of ether oxygens (including phenoxy) is 1. The van der Waals surface area contributed by atoms with Gasteiger partial charge >= 0.3 is 6.03 Å². The molecule has 1 heterocycles. The molecule has 126 valence electrons. The fraction of sp³-hybridized carbons (Fsp3) is 0.500. The lowest BCUT2D eigenvalue weighted by Gasteiger charge is -2.34. The number of hydrogen-bond acceptors (Lipinski definition) is 3. The molecule has 0 spiro atoms. The van der Waals surface area contributed by atoms with Crippen LogP contribution in [-0.4, -0.2) is 36.5 Å². The van der Waals surface area contributed by atoms with Crippen molar-refractivity contribution in [3.05, 3.63) is 29.6 Å². The van der Waals surface area contributed by atoms with Crippen LogP contribution in [-0.2, 0) is 4.79 Å². The van der Waals surface area contributed by atoms with Crippen molar-refractivity contribution in [1.82, 2.24) is 10.2 Å². The molecule has 1 fully saturated rings. The Hall–Kier alpha value is -2.31. The summed E-state index contributed by atoms with van der Waals surface area (Å²) >= 11 is 0. The molecule has 0 unspecified atom stereocenters. The van der Waals surface area contributed by atoms with Gasteiger partial charge in [0, 0.05) is 6.54 Å². The van der Waals surface area contributed by atoms with Gasteiger partial charge in [0.25, 0.3) is 0 Å². The third-order valence-electron chi connectivity index (χ3n) is 4.11. The van der Waals surface area contributed by atoms with Gasteiger partial charge in [-0.05, 0) is 38.3 Å². The summed E-state index contributed by atoms with van der Waals surface area (Å²) in [7, 11) is 1.45. The van der Waals surface area contributed by atoms with Crippen molar-refractivity contribution in [3.63, 3.8) is 0 Å². The van der Waals surface area contributed by atoms with E-state index >= 15 is 0 Å². The maximum absolute atomic E-state index is 14.1. The van der Waals surface area contributed by atoms with Gasteiger partial charge in [-0.1, -0.05) is 6.07 Å². The number of amides is 3. The molecule has 0 aliphatic carbocycles. The minimum atomic E-state index is -0.610. The van der Waals surface area contributed by atoms with Gasteiger partial charge in [-0.15, -0.1) is 0 Å². The maximum atomic E-state index is 14.1. The summed E-state index contributed by atoms with van der Waals surface area (Å²) in [5, 5.41) is 2.76. The third-order valence-corrected chi connectivity index (χ3v) is 4.11. The highest BCUT2D eigenvalue weighted by Gasteiger charge is 2.32. The molecule has 7 heteroatoms. The van der Waals surface area contributed by atoms with Crippen LogP contribution in [0.15, 0.2) is 18.2 Å². The number of urea groups is 1. The second-order valence-electron chi connectivity index (χ2n) is 5.63. The number of piperidine rings is 1. The van der Waals surface area contributed by atoms with Crippen molar-refractivity contribution >= 4 is 11.9 Å². The van der Waals surface area contributed by atoms with E-state index in [0.717, 1.165) is 12.8 Å². The van der Waals surface area contributed by atoms with Gasteiger partial charge in [0.1, 0.15) is 17.6 Å². The number of rotatable bonds is 4. The molecule has 0 radical (unpaired) electrons. The number of likely N-dealkylation sites (tertiary alicyclic amines) is 1. The summed E-state index contributed by atoms with van der Waals surface area (Å²) in [6, 6.07) is 2.69. The molecule has 2 atom stereocenters. The molecule has 6 nitrogen and oxygen atoms in total. The van der Waals surface area contributed by atoms with Crippen LogP contribution in [0.4, 0.5) is 9.18 Å². The second kappa shape index (κ2) is 7.30. The Morgan fingerprint density at radius 3 is 2.83 bits per heavy atom. The first-order valence-corrected chi connectivity index (χ1v) is 7.64. The Morgan fingerprint density at radius 1 is 1.43 bits per heavy atom. The molecule has 1 aromatic carbocycles. The van der Waals surface area contributed by atoms with Crippen LogP contribution in [0.2, 0.25) is 0 Å². The van der Waals surface area contributed by atoms with Crippen molar-refractivity contribution in [2.45, 2.75) is 38.3 Å². The number of carbonyl (C=O) groups excluding carboxylic acids is 2. The van der Waals surface area contributed by atoms with Crippen LogP contribution < -0.4 is 15.8 Å². The van der Waals surface area contributed by atoms with E-state index in [9.17, 15) is 14.0 Å². The SMILES string of the molecule is COc1cccc(F)c1[C@H](C)NC(=O)[C@@H]1CCCCN1C(N)=O. The zero-order valence-corrected chi connectivity index (χ0v) is 13.3. The lowest BCUT2D eigenvalue weighted by molar-refractivity contribution is -0.127. The Labute approximate surface area is 134 Å². The molecule has 3 amide bonds. The number of nitrogens with two attached hydrogens (primary N) is 1. The first kappa shape index (κ1) is 17.1. The normalized spacial score (nSPS) is 19.1. The summed E-state index contributed by atoms with van der Waals surface area (Å²) in [4.78, 5) is 25.3. The van der Waals surface area contributed by atoms with Crippen LogP contribution in [0.3, 0.4) is 0 Å². The predicted molar refractivity (Wildman–Crippen MR) is 83.4 cm³/mol. The smallest absolute Gasteiger partial charge is 0.315 e. The van der Waals surface area contributed by atoms with Gasteiger partial charge in [-0.25, -0.2) is 9.18 Å². The lowest BCUT2D eigenvalue weighted by Crippen LogP contribution is -2.53. The number of benzene rings is 1. The van der Waals surface area contributed by atoms with Crippen LogP contribution in [0.1, 0.15) is 37.8 Å². The molecule has 1 saturated heterocycles. The molecule has 1 aromatic rings. The summed E-state index contributed by atoms with van der Waals surface area (Å²) in [6.45, 7) is 2.14. The van der Waals surface area contributed by atoms with E-state index in [2.05, 4.69) is 5.32 Å². The molecule has 23 heavy (non-hydrogen) atoms. The predicted octanol–water partition coefficient (Wildman–Crippen LogP) is 1.94. The minimum absolute atomic E-state index is 0.282. The van der Waals surface area contributed by atoms with Gasteiger partial charge in [-0.3, -0.25) is 4.79 Å². The van der Waals surface area contributed by atoms with Crippen LogP contribution in [0.5, 0.6) is 5.75 Å². The number of carbonyl (C=O) groups is 2. The Balaban J connectivity index is 2.15. The monoisotopic (exact) mass is 323 g/mol. The molecular formula is C16H22FN3O3. The largest absolute Gasteiger partial charge is 0.496 e. The number of hydrogen-bond donors (Lipinski definition) is 2. The number of halogens is 1. The van der Waals surface area contributed by atoms with E-state index in [1.165, 1.54) is 18.1 Å². The molecule has 1 aliphatic rings. The van der Waals surface area contributed by atoms with E-state index in [0.29, 0.717) is 18.7 Å². The van der Waals surface area contributed by atoms with E-state index in [1.807, 2.05) is 0 Å². The van der Waals surface area contributed by atoms with Gasteiger partial charge in [0.05, 0.1) is 18.7 Å². The van der Waals surface area contributed by atoms with Gasteiger partial charge in [0.15, 0.2) is 0 Å². The van der Waals surface area contributed by atoms with Crippen molar-refractivity contribution in [2.24, 2.45) is 5.73 Å². The zero-order chi connectivity index (χ0) is 17.0. The van der Waals surface area contributed by atoms with Crippen LogP contribution in [0, 0.1) is 5.82 Å². The van der Waals surface area contributed by atoms with E-state index < -0.39 is 23.9 Å². The van der Waals surface area contributed by atoms with Crippen LogP contribution in [0.25, 0.3) is 0 Å². The van der Waals surface area contributed by atoms with E-state index in [1.54, 1.807) is 19.1 Å². The summed E-state index contributed by atoms with van der Waals surface area (Å²) in [5.41, 5.74) is 5.62. The topological polar surface area (TPSA) is 84.7 Å². The van der Waals surface area contributed by atoms with Crippen molar-refractivity contribution in [3.8, 4) is 5.75 Å². The quantitative estimate of drug-likeness (QED) is 0.888. The molecule has 0 saturated carbocycles. The summed E-state index contributed by atoms with van der Waals surface area (Å²) in [5.74, 6) is -0.415. The van der Waals surface area contributed by atoms with Gasteiger partial charge in [-0.2, -0.15) is 0 Å². The first-order chi connectivity index (χ1) is 11.0. The van der Waals surface area contributed by atoms with Crippen LogP contribution >= 0.6 is 0 Å². The highest BCUT2D eigenvalue weighted by atomic mass is 19.1. The molecule has 0 aromatic heterocycles. The Bertz CT molecular complexity index is 594. The number of nitrogens with one attached hydrogen (secondary N) is 1. The molecule has 3 N–H and O–H groups in total. The molecular weight excluding hydrogens is 301 g/mol. The lowest BCUT2D eigenvalue weighted by atomic mass is 10.0.